The Morgan fingerprint density at radius 2 is 1.61 bits per heavy atom. The monoisotopic (exact) mass is 690 g/mol. The molecule has 10 nitrogen and oxygen atoms in total. The summed E-state index contributed by atoms with van der Waals surface area (Å²) >= 11 is 0. The molecule has 2 aliphatic carbocycles. The SMILES string of the molecule is COc1ccc(-c2c(C3CCCCC3)c3ccc(C(=O)NC4(C(=O)Nc5ccc(/C=C/C(=O)O)cc5)CCCC4)cc3n2CC(=O)N(C)C)cc1. The van der Waals surface area contributed by atoms with Crippen molar-refractivity contribution in [1.82, 2.24) is 14.8 Å². The van der Waals surface area contributed by atoms with Gasteiger partial charge in [-0.15, -0.1) is 0 Å². The third-order valence-corrected chi connectivity index (χ3v) is 10.4. The van der Waals surface area contributed by atoms with E-state index in [1.807, 2.05) is 42.5 Å². The van der Waals surface area contributed by atoms with Crippen LogP contribution in [0.5, 0.6) is 5.75 Å². The predicted molar refractivity (Wildman–Crippen MR) is 199 cm³/mol. The number of methoxy groups -OCH3 is 1. The number of carbonyl (C=O) groups excluding carboxylic acids is 3. The number of carboxylic acids is 1. The average Bonchev–Trinajstić information content (AvgIpc) is 3.74. The molecule has 0 unspecified atom stereocenters. The summed E-state index contributed by atoms with van der Waals surface area (Å²) in [6.45, 7) is 0.111. The number of ether oxygens (including phenoxy) is 1. The molecule has 266 valence electrons. The zero-order valence-electron chi connectivity index (χ0n) is 29.5. The van der Waals surface area contributed by atoms with E-state index in [1.54, 1.807) is 50.4 Å². The smallest absolute Gasteiger partial charge is 0.328 e. The molecule has 0 aliphatic heterocycles. The first-order valence-electron chi connectivity index (χ1n) is 17.7. The second kappa shape index (κ2) is 15.2. The van der Waals surface area contributed by atoms with Gasteiger partial charge in [0, 0.05) is 36.8 Å². The molecule has 0 radical (unpaired) electrons. The summed E-state index contributed by atoms with van der Waals surface area (Å²) in [4.78, 5) is 53.7. The van der Waals surface area contributed by atoms with Gasteiger partial charge in [-0.3, -0.25) is 14.4 Å². The van der Waals surface area contributed by atoms with Crippen LogP contribution in [0.3, 0.4) is 0 Å². The molecule has 3 aromatic carbocycles. The Morgan fingerprint density at radius 3 is 2.24 bits per heavy atom. The van der Waals surface area contributed by atoms with E-state index in [0.717, 1.165) is 72.5 Å². The molecule has 0 spiro atoms. The average molecular weight is 691 g/mol. The first-order chi connectivity index (χ1) is 24.6. The highest BCUT2D eigenvalue weighted by molar-refractivity contribution is 6.06. The topological polar surface area (TPSA) is 130 Å². The second-order valence-electron chi connectivity index (χ2n) is 13.9. The van der Waals surface area contributed by atoms with Gasteiger partial charge in [-0.25, -0.2) is 4.79 Å². The fourth-order valence-corrected chi connectivity index (χ4v) is 7.60. The molecular weight excluding hydrogens is 644 g/mol. The van der Waals surface area contributed by atoms with E-state index < -0.39 is 11.5 Å². The van der Waals surface area contributed by atoms with Crippen LogP contribution in [0.2, 0.25) is 0 Å². The highest BCUT2D eigenvalue weighted by Crippen LogP contribution is 2.45. The van der Waals surface area contributed by atoms with Crippen LogP contribution in [0, 0.1) is 0 Å². The van der Waals surface area contributed by atoms with Gasteiger partial charge in [0.25, 0.3) is 5.91 Å². The number of fused-ring (bicyclic) bond motifs is 1. The van der Waals surface area contributed by atoms with Gasteiger partial charge in [0.1, 0.15) is 17.8 Å². The van der Waals surface area contributed by atoms with E-state index in [4.69, 9.17) is 9.84 Å². The zero-order chi connectivity index (χ0) is 36.1. The Bertz CT molecular complexity index is 1950. The zero-order valence-corrected chi connectivity index (χ0v) is 29.5. The lowest BCUT2D eigenvalue weighted by molar-refractivity contribution is -0.131. The molecule has 3 amide bonds. The molecule has 0 bridgehead atoms. The number of aliphatic carboxylic acids is 1. The van der Waals surface area contributed by atoms with Crippen molar-refractivity contribution in [2.24, 2.45) is 0 Å². The van der Waals surface area contributed by atoms with Gasteiger partial charge in [-0.2, -0.15) is 0 Å². The van der Waals surface area contributed by atoms with Crippen LogP contribution >= 0.6 is 0 Å². The quantitative estimate of drug-likeness (QED) is 0.142. The van der Waals surface area contributed by atoms with E-state index in [9.17, 15) is 19.2 Å². The van der Waals surface area contributed by atoms with E-state index in [0.29, 0.717) is 35.6 Å². The lowest BCUT2D eigenvalue weighted by Gasteiger charge is -2.29. The maximum atomic E-state index is 14.1. The lowest BCUT2D eigenvalue weighted by Crippen LogP contribution is -2.55. The minimum atomic E-state index is -1.09. The Kier molecular flexibility index (Phi) is 10.6. The molecule has 6 rings (SSSR count). The van der Waals surface area contributed by atoms with Crippen LogP contribution in [0.25, 0.3) is 28.2 Å². The maximum Gasteiger partial charge on any atom is 0.328 e. The van der Waals surface area contributed by atoms with Crippen LogP contribution in [0.15, 0.2) is 72.8 Å². The second-order valence-corrected chi connectivity index (χ2v) is 13.9. The Balaban J connectivity index is 1.36. The molecule has 1 aromatic heterocycles. The number of carbonyl (C=O) groups is 4. The molecule has 0 atom stereocenters. The Morgan fingerprint density at radius 1 is 0.922 bits per heavy atom. The number of anilines is 1. The van der Waals surface area contributed by atoms with Crippen molar-refractivity contribution in [1.29, 1.82) is 0 Å². The van der Waals surface area contributed by atoms with Gasteiger partial charge >= 0.3 is 5.97 Å². The molecule has 0 saturated heterocycles. The van der Waals surface area contributed by atoms with E-state index in [-0.39, 0.29) is 24.3 Å². The van der Waals surface area contributed by atoms with Crippen LogP contribution in [-0.4, -0.2) is 65.0 Å². The number of carboxylic acid groups (broad SMARTS) is 1. The number of benzene rings is 3. The summed E-state index contributed by atoms with van der Waals surface area (Å²) in [5.74, 6) is -0.660. The minimum absolute atomic E-state index is 0.0563. The predicted octanol–water partition coefficient (Wildman–Crippen LogP) is 7.23. The maximum absolute atomic E-state index is 14.1. The largest absolute Gasteiger partial charge is 0.497 e. The molecule has 4 aromatic rings. The number of aromatic nitrogens is 1. The van der Waals surface area contributed by atoms with Crippen molar-refractivity contribution in [3.8, 4) is 17.0 Å². The fraction of sp³-hybridized carbons (Fsp3) is 0.366. The summed E-state index contributed by atoms with van der Waals surface area (Å²) in [7, 11) is 5.14. The van der Waals surface area contributed by atoms with Crippen LogP contribution in [0.4, 0.5) is 5.69 Å². The van der Waals surface area contributed by atoms with Gasteiger partial charge in [-0.1, -0.05) is 50.3 Å². The number of amides is 3. The summed E-state index contributed by atoms with van der Waals surface area (Å²) in [5, 5.41) is 16.0. The molecule has 2 saturated carbocycles. The first-order valence-corrected chi connectivity index (χ1v) is 17.7. The molecule has 2 fully saturated rings. The van der Waals surface area contributed by atoms with Crippen molar-refractivity contribution >= 4 is 46.4 Å². The highest BCUT2D eigenvalue weighted by Gasteiger charge is 2.43. The summed E-state index contributed by atoms with van der Waals surface area (Å²) in [6, 6.07) is 20.5. The lowest BCUT2D eigenvalue weighted by atomic mass is 9.81. The normalized spacial score (nSPS) is 15.9. The molecule has 2 aliphatic rings. The standard InChI is InChI=1S/C41H46N4O6/c1-44(2)35(46)26-45-34-25-30(16-21-33(34)37(28-9-5-4-6-10-28)38(45)29-14-19-32(51-3)20-15-29)39(49)43-41(23-7-8-24-41)40(50)42-31-17-11-27(12-18-31)13-22-36(47)48/h11-22,25,28H,4-10,23-24,26H2,1-3H3,(H,42,50)(H,43,49)(H,47,48)/b22-13+. The number of nitrogens with one attached hydrogen (secondary N) is 2. The molecular formula is C41H46N4O6. The van der Waals surface area contributed by atoms with Crippen molar-refractivity contribution in [3.05, 3.63) is 89.5 Å². The van der Waals surface area contributed by atoms with Crippen molar-refractivity contribution in [2.45, 2.75) is 75.8 Å². The number of likely N-dealkylation sites (N-methyl/N-ethyl adjacent to an activating group) is 1. The molecule has 51 heavy (non-hydrogen) atoms. The van der Waals surface area contributed by atoms with Crippen LogP contribution in [0.1, 0.15) is 85.2 Å². The van der Waals surface area contributed by atoms with E-state index in [2.05, 4.69) is 15.2 Å². The van der Waals surface area contributed by atoms with Gasteiger partial charge in [0.15, 0.2) is 0 Å². The van der Waals surface area contributed by atoms with E-state index in [1.165, 1.54) is 18.1 Å². The third kappa shape index (κ3) is 7.70. The highest BCUT2D eigenvalue weighted by atomic mass is 16.5. The van der Waals surface area contributed by atoms with E-state index >= 15 is 0 Å². The number of rotatable bonds is 11. The third-order valence-electron chi connectivity index (χ3n) is 10.4. The summed E-state index contributed by atoms with van der Waals surface area (Å²) < 4.78 is 7.51. The molecule has 3 N–H and O–H groups in total. The number of nitrogens with zero attached hydrogens (tertiary/aromatic N) is 2. The number of hydrogen-bond acceptors (Lipinski definition) is 5. The molecule has 10 heteroatoms. The minimum Gasteiger partial charge on any atom is -0.497 e. The fourth-order valence-electron chi connectivity index (χ4n) is 7.60. The van der Waals surface area contributed by atoms with Gasteiger partial charge in [0.05, 0.1) is 18.3 Å². The van der Waals surface area contributed by atoms with Crippen LogP contribution < -0.4 is 15.4 Å². The van der Waals surface area contributed by atoms with Crippen LogP contribution in [-0.2, 0) is 20.9 Å². The van der Waals surface area contributed by atoms with Gasteiger partial charge < -0.3 is 29.9 Å². The summed E-state index contributed by atoms with van der Waals surface area (Å²) in [6.07, 6.45) is 10.8. The van der Waals surface area contributed by atoms with Gasteiger partial charge in [0.2, 0.25) is 11.8 Å². The Labute approximate surface area is 298 Å². The Hall–Kier alpha value is -5.38. The van der Waals surface area contributed by atoms with Crippen molar-refractivity contribution in [2.75, 3.05) is 26.5 Å². The van der Waals surface area contributed by atoms with Crippen molar-refractivity contribution in [3.63, 3.8) is 0 Å². The van der Waals surface area contributed by atoms with Gasteiger partial charge in [-0.05, 0) is 103 Å². The number of hydrogen-bond donors (Lipinski definition) is 3. The van der Waals surface area contributed by atoms with Crippen molar-refractivity contribution < 1.29 is 29.0 Å². The first kappa shape index (κ1) is 35.4. The summed E-state index contributed by atoms with van der Waals surface area (Å²) in [5.41, 5.74) is 4.58. The molecule has 1 heterocycles.